The first-order chi connectivity index (χ1) is 10.6. The molecule has 4 nitrogen and oxygen atoms in total. The molecule has 22 heavy (non-hydrogen) atoms. The first kappa shape index (κ1) is 13.6. The van der Waals surface area contributed by atoms with Crippen LogP contribution in [0.15, 0.2) is 24.3 Å². The van der Waals surface area contributed by atoms with Gasteiger partial charge in [-0.2, -0.15) is 0 Å². The molecule has 1 aliphatic heterocycles. The lowest BCUT2D eigenvalue weighted by Crippen LogP contribution is -2.35. The van der Waals surface area contributed by atoms with Gasteiger partial charge in [-0.25, -0.2) is 0 Å². The second-order valence-corrected chi connectivity index (χ2v) is 6.25. The molecule has 3 N–H and O–H groups in total. The quantitative estimate of drug-likeness (QED) is 0.707. The minimum absolute atomic E-state index is 0.0758. The van der Waals surface area contributed by atoms with E-state index in [1.54, 1.807) is 6.07 Å². The van der Waals surface area contributed by atoms with E-state index < -0.39 is 0 Å². The van der Waals surface area contributed by atoms with Gasteiger partial charge in [-0.1, -0.05) is 18.2 Å². The van der Waals surface area contributed by atoms with Crippen LogP contribution in [0.5, 0.6) is 11.5 Å². The van der Waals surface area contributed by atoms with Crippen molar-refractivity contribution in [3.05, 3.63) is 46.5 Å². The SMILES string of the molecule is CN1CCc2ccc(CO)c3c2[C@H]1Cc1ccc(O)c(O)c1-3. The van der Waals surface area contributed by atoms with Crippen LogP contribution in [0.2, 0.25) is 0 Å². The van der Waals surface area contributed by atoms with Gasteiger partial charge in [-0.3, -0.25) is 4.90 Å². The van der Waals surface area contributed by atoms with Crippen LogP contribution < -0.4 is 0 Å². The summed E-state index contributed by atoms with van der Waals surface area (Å²) >= 11 is 0. The number of aromatic hydroxyl groups is 2. The van der Waals surface area contributed by atoms with Gasteiger partial charge < -0.3 is 15.3 Å². The van der Waals surface area contributed by atoms with Crippen molar-refractivity contribution in [1.82, 2.24) is 4.90 Å². The average molecular weight is 297 g/mol. The zero-order chi connectivity index (χ0) is 15.4. The Morgan fingerprint density at radius 1 is 1.09 bits per heavy atom. The van der Waals surface area contributed by atoms with E-state index in [9.17, 15) is 15.3 Å². The number of phenolic OH excluding ortho intramolecular Hbond substituents is 2. The van der Waals surface area contributed by atoms with Crippen LogP contribution in [0.25, 0.3) is 11.1 Å². The molecule has 2 aromatic rings. The molecule has 0 spiro atoms. The fourth-order valence-electron chi connectivity index (χ4n) is 3.94. The van der Waals surface area contributed by atoms with Gasteiger partial charge in [0.2, 0.25) is 0 Å². The number of hydrogen-bond acceptors (Lipinski definition) is 4. The highest BCUT2D eigenvalue weighted by Gasteiger charge is 2.35. The Labute approximate surface area is 129 Å². The largest absolute Gasteiger partial charge is 0.504 e. The summed E-state index contributed by atoms with van der Waals surface area (Å²) in [6.45, 7) is 0.933. The Balaban J connectivity index is 2.10. The highest BCUT2D eigenvalue weighted by atomic mass is 16.3. The Bertz CT molecular complexity index is 769. The molecular formula is C18H19NO3. The first-order valence-electron chi connectivity index (χ1n) is 7.61. The Kier molecular flexibility index (Phi) is 2.93. The lowest BCUT2D eigenvalue weighted by molar-refractivity contribution is 0.226. The summed E-state index contributed by atoms with van der Waals surface area (Å²) in [7, 11) is 2.12. The maximum absolute atomic E-state index is 10.4. The van der Waals surface area contributed by atoms with Gasteiger partial charge in [0.15, 0.2) is 11.5 Å². The molecule has 0 aromatic heterocycles. The number of benzene rings is 2. The fraction of sp³-hybridized carbons (Fsp3) is 0.333. The third kappa shape index (κ3) is 1.71. The molecule has 2 aliphatic rings. The molecule has 2 aromatic carbocycles. The molecule has 114 valence electrons. The number of rotatable bonds is 1. The third-order valence-corrected chi connectivity index (χ3v) is 5.10. The number of likely N-dealkylation sites (N-methyl/N-ethyl adjacent to an activating group) is 1. The molecule has 1 aliphatic carbocycles. The summed E-state index contributed by atoms with van der Waals surface area (Å²) < 4.78 is 0. The smallest absolute Gasteiger partial charge is 0.165 e. The van der Waals surface area contributed by atoms with Gasteiger partial charge in [0.25, 0.3) is 0 Å². The molecule has 1 heterocycles. The minimum atomic E-state index is -0.108. The number of phenols is 2. The molecule has 4 rings (SSSR count). The summed E-state index contributed by atoms with van der Waals surface area (Å²) in [5.41, 5.74) is 5.91. The van der Waals surface area contributed by atoms with Crippen molar-refractivity contribution in [3.8, 4) is 22.6 Å². The highest BCUT2D eigenvalue weighted by molar-refractivity contribution is 5.84. The van der Waals surface area contributed by atoms with Crippen LogP contribution in [0, 0.1) is 0 Å². The van der Waals surface area contributed by atoms with Crippen LogP contribution in [0.3, 0.4) is 0 Å². The molecular weight excluding hydrogens is 278 g/mol. The maximum atomic E-state index is 10.4. The van der Waals surface area contributed by atoms with Crippen LogP contribution >= 0.6 is 0 Å². The predicted octanol–water partition coefficient (Wildman–Crippen LogP) is 2.34. The van der Waals surface area contributed by atoms with Crippen LogP contribution in [-0.2, 0) is 19.4 Å². The molecule has 0 saturated carbocycles. The number of aliphatic hydroxyl groups is 1. The van der Waals surface area contributed by atoms with E-state index in [1.807, 2.05) is 12.1 Å². The van der Waals surface area contributed by atoms with Gasteiger partial charge in [-0.15, -0.1) is 0 Å². The number of fused-ring (bicyclic) bond motifs is 2. The van der Waals surface area contributed by atoms with E-state index in [0.717, 1.165) is 36.1 Å². The Hall–Kier alpha value is -2.04. The topological polar surface area (TPSA) is 63.9 Å². The van der Waals surface area contributed by atoms with Crippen LogP contribution in [0.4, 0.5) is 0 Å². The minimum Gasteiger partial charge on any atom is -0.504 e. The van der Waals surface area contributed by atoms with Gasteiger partial charge >= 0.3 is 0 Å². The molecule has 0 saturated heterocycles. The van der Waals surface area contributed by atoms with Crippen molar-refractivity contribution in [2.75, 3.05) is 13.6 Å². The lowest BCUT2D eigenvalue weighted by Gasteiger charge is -2.40. The monoisotopic (exact) mass is 297 g/mol. The van der Waals surface area contributed by atoms with Crippen molar-refractivity contribution in [1.29, 1.82) is 0 Å². The summed E-state index contributed by atoms with van der Waals surface area (Å²) in [4.78, 5) is 2.33. The van der Waals surface area contributed by atoms with Crippen molar-refractivity contribution in [2.24, 2.45) is 0 Å². The second kappa shape index (κ2) is 4.73. The standard InChI is InChI=1S/C18H19NO3/c1-19-7-6-10-2-3-12(9-20)16-15(10)13(19)8-11-4-5-14(21)18(22)17(11)16/h2-5,13,20-22H,6-9H2,1H3/t13-/m1/s1. The van der Waals surface area contributed by atoms with E-state index in [4.69, 9.17) is 0 Å². The van der Waals surface area contributed by atoms with Gasteiger partial charge in [0, 0.05) is 18.2 Å². The zero-order valence-electron chi connectivity index (χ0n) is 12.5. The Morgan fingerprint density at radius 3 is 2.64 bits per heavy atom. The van der Waals surface area contributed by atoms with Crippen molar-refractivity contribution < 1.29 is 15.3 Å². The van der Waals surface area contributed by atoms with Crippen LogP contribution in [0.1, 0.15) is 28.3 Å². The van der Waals surface area contributed by atoms with E-state index in [2.05, 4.69) is 18.0 Å². The molecule has 0 unspecified atom stereocenters. The molecule has 0 fully saturated rings. The van der Waals surface area contributed by atoms with Crippen molar-refractivity contribution in [3.63, 3.8) is 0 Å². The molecule has 0 amide bonds. The molecule has 0 radical (unpaired) electrons. The van der Waals surface area contributed by atoms with Gasteiger partial charge in [-0.05, 0) is 53.8 Å². The number of hydrogen-bond donors (Lipinski definition) is 3. The van der Waals surface area contributed by atoms with Gasteiger partial charge in [0.1, 0.15) is 0 Å². The number of nitrogens with zero attached hydrogens (tertiary/aromatic N) is 1. The molecule has 0 bridgehead atoms. The van der Waals surface area contributed by atoms with Crippen molar-refractivity contribution in [2.45, 2.75) is 25.5 Å². The summed E-state index contributed by atoms with van der Waals surface area (Å²) in [6, 6.07) is 7.72. The fourth-order valence-corrected chi connectivity index (χ4v) is 3.94. The number of aliphatic hydroxyl groups excluding tert-OH is 1. The summed E-state index contributed by atoms with van der Waals surface area (Å²) in [5, 5.41) is 30.1. The summed E-state index contributed by atoms with van der Waals surface area (Å²) in [6.07, 6.45) is 1.78. The Morgan fingerprint density at radius 2 is 1.86 bits per heavy atom. The van der Waals surface area contributed by atoms with E-state index in [1.165, 1.54) is 11.1 Å². The normalized spacial score (nSPS) is 19.6. The average Bonchev–Trinajstić information content (AvgIpc) is 2.54. The molecule has 4 heteroatoms. The van der Waals surface area contributed by atoms with Gasteiger partial charge in [0.05, 0.1) is 6.61 Å². The lowest BCUT2D eigenvalue weighted by atomic mass is 9.75. The van der Waals surface area contributed by atoms with E-state index in [-0.39, 0.29) is 24.1 Å². The first-order valence-corrected chi connectivity index (χ1v) is 7.61. The van der Waals surface area contributed by atoms with E-state index >= 15 is 0 Å². The summed E-state index contributed by atoms with van der Waals surface area (Å²) in [5.74, 6) is -0.185. The van der Waals surface area contributed by atoms with E-state index in [0.29, 0.717) is 5.56 Å². The van der Waals surface area contributed by atoms with Crippen molar-refractivity contribution >= 4 is 0 Å². The zero-order valence-corrected chi connectivity index (χ0v) is 12.5. The maximum Gasteiger partial charge on any atom is 0.165 e. The molecule has 1 atom stereocenters. The van der Waals surface area contributed by atoms with Crippen LogP contribution in [-0.4, -0.2) is 33.8 Å². The highest BCUT2D eigenvalue weighted by Crippen LogP contribution is 2.51. The second-order valence-electron chi connectivity index (χ2n) is 6.25. The predicted molar refractivity (Wildman–Crippen MR) is 83.9 cm³/mol. The third-order valence-electron chi connectivity index (χ3n) is 5.10.